The molecule has 0 spiro atoms. The maximum atomic E-state index is 10.5. The van der Waals surface area contributed by atoms with Crippen LogP contribution in [-0.4, -0.2) is 36.7 Å². The monoisotopic (exact) mass is 299 g/mol. The van der Waals surface area contributed by atoms with Crippen molar-refractivity contribution in [2.24, 2.45) is 7.05 Å². The third kappa shape index (κ3) is 3.18. The van der Waals surface area contributed by atoms with Crippen LogP contribution < -0.4 is 0 Å². The molecule has 0 aliphatic rings. The van der Waals surface area contributed by atoms with E-state index < -0.39 is 5.97 Å². The Morgan fingerprint density at radius 3 is 2.95 bits per heavy atom. The lowest BCUT2D eigenvalue weighted by atomic mass is 10.2. The van der Waals surface area contributed by atoms with E-state index >= 15 is 0 Å². The molecule has 6 nitrogen and oxygen atoms in total. The molecular weight excluding hydrogens is 290 g/mol. The Kier molecular flexibility index (Phi) is 3.96. The van der Waals surface area contributed by atoms with Gasteiger partial charge in [-0.1, -0.05) is 23.4 Å². The molecule has 2 N–H and O–H groups in total. The number of carboxylic acids is 1. The molecule has 0 atom stereocenters. The van der Waals surface area contributed by atoms with Gasteiger partial charge >= 0.3 is 5.97 Å². The molecule has 0 aliphatic carbocycles. The van der Waals surface area contributed by atoms with Gasteiger partial charge in [0.15, 0.2) is 11.0 Å². The van der Waals surface area contributed by atoms with E-state index in [1.54, 1.807) is 13.1 Å². The Morgan fingerprint density at radius 1 is 1.53 bits per heavy atom. The first-order valence-electron chi connectivity index (χ1n) is 5.22. The molecule has 2 aromatic rings. The highest BCUT2D eigenvalue weighted by molar-refractivity contribution is 7.99. The molecule has 0 saturated heterocycles. The maximum absolute atomic E-state index is 10.5. The Bertz CT molecular complexity index is 630. The minimum Gasteiger partial charge on any atom is -0.508 e. The number of hydrogen-bond acceptors (Lipinski definition) is 5. The van der Waals surface area contributed by atoms with Gasteiger partial charge in [0.25, 0.3) is 0 Å². The number of nitrogens with zero attached hydrogens (tertiary/aromatic N) is 3. The summed E-state index contributed by atoms with van der Waals surface area (Å²) in [5.74, 6) is -0.618. The highest BCUT2D eigenvalue weighted by atomic mass is 35.5. The number of benzene rings is 1. The molecule has 2 rings (SSSR count). The summed E-state index contributed by atoms with van der Waals surface area (Å²) in [5, 5.41) is 23.1. The second kappa shape index (κ2) is 5.50. The van der Waals surface area contributed by atoms with Crippen molar-refractivity contribution in [2.45, 2.75) is 5.16 Å². The third-order valence-corrected chi connectivity index (χ3v) is 3.57. The maximum Gasteiger partial charge on any atom is 0.313 e. The Hall–Kier alpha value is -1.73. The number of carboxylic acid groups (broad SMARTS) is 1. The first-order valence-corrected chi connectivity index (χ1v) is 6.58. The molecule has 19 heavy (non-hydrogen) atoms. The lowest BCUT2D eigenvalue weighted by Gasteiger charge is -1.99. The summed E-state index contributed by atoms with van der Waals surface area (Å²) >= 11 is 7.08. The minimum atomic E-state index is -0.926. The van der Waals surface area contributed by atoms with E-state index in [1.165, 1.54) is 16.8 Å². The molecule has 0 fully saturated rings. The lowest BCUT2D eigenvalue weighted by molar-refractivity contribution is -0.133. The van der Waals surface area contributed by atoms with Crippen LogP contribution in [0.4, 0.5) is 0 Å². The third-order valence-electron chi connectivity index (χ3n) is 2.24. The quantitative estimate of drug-likeness (QED) is 0.840. The van der Waals surface area contributed by atoms with Gasteiger partial charge in [-0.15, -0.1) is 0 Å². The Balaban J connectivity index is 2.33. The predicted octanol–water partition coefficient (Wildman–Crippen LogP) is 2.02. The first-order chi connectivity index (χ1) is 8.97. The van der Waals surface area contributed by atoms with Gasteiger partial charge in [0.1, 0.15) is 5.75 Å². The van der Waals surface area contributed by atoms with Crippen LogP contribution in [0, 0.1) is 0 Å². The van der Waals surface area contributed by atoms with E-state index in [0.29, 0.717) is 21.6 Å². The number of phenolic OH excluding ortho intramolecular Hbond substituents is 1. The zero-order chi connectivity index (χ0) is 14.0. The molecule has 8 heteroatoms. The van der Waals surface area contributed by atoms with Crippen LogP contribution in [0.25, 0.3) is 11.4 Å². The van der Waals surface area contributed by atoms with Gasteiger partial charge in [-0.2, -0.15) is 5.10 Å². The molecule has 0 saturated carbocycles. The van der Waals surface area contributed by atoms with Crippen LogP contribution in [0.3, 0.4) is 0 Å². The summed E-state index contributed by atoms with van der Waals surface area (Å²) in [6.45, 7) is 0. The number of aromatic hydroxyl groups is 1. The summed E-state index contributed by atoms with van der Waals surface area (Å²) in [6.07, 6.45) is 0. The summed E-state index contributed by atoms with van der Waals surface area (Å²) in [4.78, 5) is 14.7. The van der Waals surface area contributed by atoms with Crippen LogP contribution in [0.15, 0.2) is 23.4 Å². The smallest absolute Gasteiger partial charge is 0.313 e. The Morgan fingerprint density at radius 2 is 2.26 bits per heavy atom. The fourth-order valence-electron chi connectivity index (χ4n) is 1.42. The largest absolute Gasteiger partial charge is 0.508 e. The summed E-state index contributed by atoms with van der Waals surface area (Å²) in [7, 11) is 1.66. The minimum absolute atomic E-state index is 0.0617. The highest BCUT2D eigenvalue weighted by Gasteiger charge is 2.14. The SMILES string of the molecule is Cn1nc(-c2cc(O)ccc2Cl)nc1SCC(=O)O. The standard InChI is InChI=1S/C11H10ClN3O3S/c1-15-11(19-5-9(17)18)13-10(14-15)7-4-6(16)2-3-8(7)12/h2-4,16H,5H2,1H3,(H,17,18). The van der Waals surface area contributed by atoms with Crippen molar-refractivity contribution < 1.29 is 15.0 Å². The zero-order valence-electron chi connectivity index (χ0n) is 9.87. The fourth-order valence-corrected chi connectivity index (χ4v) is 2.25. The van der Waals surface area contributed by atoms with E-state index in [-0.39, 0.29) is 11.5 Å². The highest BCUT2D eigenvalue weighted by Crippen LogP contribution is 2.30. The molecule has 0 radical (unpaired) electrons. The van der Waals surface area contributed by atoms with Gasteiger partial charge in [-0.05, 0) is 18.2 Å². The van der Waals surface area contributed by atoms with Crippen molar-refractivity contribution in [1.82, 2.24) is 14.8 Å². The number of halogens is 1. The Labute approximate surface area is 118 Å². The number of phenols is 1. The fraction of sp³-hybridized carbons (Fsp3) is 0.182. The molecule has 1 aromatic carbocycles. The average molecular weight is 300 g/mol. The van der Waals surface area contributed by atoms with E-state index in [0.717, 1.165) is 11.8 Å². The normalized spacial score (nSPS) is 10.6. The van der Waals surface area contributed by atoms with E-state index in [4.69, 9.17) is 16.7 Å². The number of rotatable bonds is 4. The summed E-state index contributed by atoms with van der Waals surface area (Å²) < 4.78 is 1.48. The molecule has 100 valence electrons. The van der Waals surface area contributed by atoms with Gasteiger partial charge in [0.05, 0.1) is 10.8 Å². The van der Waals surface area contributed by atoms with Gasteiger partial charge in [0, 0.05) is 12.6 Å². The van der Waals surface area contributed by atoms with Crippen LogP contribution in [-0.2, 0) is 11.8 Å². The van der Waals surface area contributed by atoms with Crippen molar-refractivity contribution in [3.63, 3.8) is 0 Å². The molecule has 0 bridgehead atoms. The van der Waals surface area contributed by atoms with E-state index in [9.17, 15) is 9.90 Å². The van der Waals surface area contributed by atoms with Crippen LogP contribution in [0.1, 0.15) is 0 Å². The van der Waals surface area contributed by atoms with Gasteiger partial charge < -0.3 is 10.2 Å². The topological polar surface area (TPSA) is 88.2 Å². The zero-order valence-corrected chi connectivity index (χ0v) is 11.4. The average Bonchev–Trinajstić information content (AvgIpc) is 2.71. The number of aromatic nitrogens is 3. The van der Waals surface area contributed by atoms with Gasteiger partial charge in [0.2, 0.25) is 0 Å². The van der Waals surface area contributed by atoms with Crippen LogP contribution in [0.2, 0.25) is 5.02 Å². The molecule has 0 amide bonds. The van der Waals surface area contributed by atoms with Crippen molar-refractivity contribution in [2.75, 3.05) is 5.75 Å². The van der Waals surface area contributed by atoms with Crippen molar-refractivity contribution in [3.05, 3.63) is 23.2 Å². The predicted molar refractivity (Wildman–Crippen MR) is 71.5 cm³/mol. The second-order valence-corrected chi connectivity index (χ2v) is 5.04. The van der Waals surface area contributed by atoms with Crippen molar-refractivity contribution in [3.8, 4) is 17.1 Å². The van der Waals surface area contributed by atoms with E-state index in [1.807, 2.05) is 0 Å². The van der Waals surface area contributed by atoms with Crippen LogP contribution >= 0.6 is 23.4 Å². The second-order valence-electron chi connectivity index (χ2n) is 3.69. The number of aliphatic carboxylic acids is 1. The molecule has 0 aliphatic heterocycles. The lowest BCUT2D eigenvalue weighted by Crippen LogP contribution is -2.00. The van der Waals surface area contributed by atoms with E-state index in [2.05, 4.69) is 10.1 Å². The van der Waals surface area contributed by atoms with Gasteiger partial charge in [-0.25, -0.2) is 9.67 Å². The number of aryl methyl sites for hydroxylation is 1. The first kappa shape index (κ1) is 13.7. The molecule has 1 aromatic heterocycles. The molecular formula is C11H10ClN3O3S. The summed E-state index contributed by atoms with van der Waals surface area (Å²) in [5.41, 5.74) is 0.499. The van der Waals surface area contributed by atoms with Crippen molar-refractivity contribution in [1.29, 1.82) is 0 Å². The van der Waals surface area contributed by atoms with Crippen molar-refractivity contribution >= 4 is 29.3 Å². The number of thioether (sulfide) groups is 1. The van der Waals surface area contributed by atoms with Crippen LogP contribution in [0.5, 0.6) is 5.75 Å². The van der Waals surface area contributed by atoms with Gasteiger partial charge in [-0.3, -0.25) is 4.79 Å². The number of hydrogen-bond donors (Lipinski definition) is 2. The summed E-state index contributed by atoms with van der Waals surface area (Å²) in [6, 6.07) is 4.48. The molecule has 0 unspecified atom stereocenters. The number of carbonyl (C=O) groups is 1. The molecule has 1 heterocycles.